The Balaban J connectivity index is 2.92. The van der Waals surface area contributed by atoms with Gasteiger partial charge in [0, 0.05) is 20.2 Å². The molecule has 0 aliphatic carbocycles. The third-order valence-corrected chi connectivity index (χ3v) is 2.93. The van der Waals surface area contributed by atoms with Crippen LogP contribution < -0.4 is 5.32 Å². The molecule has 0 aromatic heterocycles. The monoisotopic (exact) mass is 298 g/mol. The molecule has 6 heteroatoms. The minimum absolute atomic E-state index is 0.178. The SMILES string of the molecule is CC(C)C[C@H](NC(=O)c1ccc(F)cc1F)C(=O)N(C)C. The molecule has 0 aliphatic heterocycles. The second-order valence-electron chi connectivity index (χ2n) is 5.51. The van der Waals surface area contributed by atoms with Gasteiger partial charge in [-0.05, 0) is 24.5 Å². The van der Waals surface area contributed by atoms with E-state index in [-0.39, 0.29) is 17.4 Å². The quantitative estimate of drug-likeness (QED) is 0.906. The molecular formula is C15H20F2N2O2. The number of hydrogen-bond donors (Lipinski definition) is 1. The standard InChI is InChI=1S/C15H20F2N2O2/c1-9(2)7-13(15(21)19(3)4)18-14(20)11-6-5-10(16)8-12(11)17/h5-6,8-9,13H,7H2,1-4H3,(H,18,20)/t13-/m0/s1. The van der Waals surface area contributed by atoms with Gasteiger partial charge in [0.05, 0.1) is 5.56 Å². The van der Waals surface area contributed by atoms with E-state index in [9.17, 15) is 18.4 Å². The number of nitrogens with one attached hydrogen (secondary N) is 1. The topological polar surface area (TPSA) is 49.4 Å². The molecular weight excluding hydrogens is 278 g/mol. The summed E-state index contributed by atoms with van der Waals surface area (Å²) >= 11 is 0. The molecule has 0 spiro atoms. The van der Waals surface area contributed by atoms with E-state index < -0.39 is 23.6 Å². The van der Waals surface area contributed by atoms with Crippen molar-refractivity contribution in [3.05, 3.63) is 35.4 Å². The van der Waals surface area contributed by atoms with Gasteiger partial charge in [0.1, 0.15) is 17.7 Å². The Morgan fingerprint density at radius 3 is 2.33 bits per heavy atom. The van der Waals surface area contributed by atoms with Crippen molar-refractivity contribution in [2.75, 3.05) is 14.1 Å². The Labute approximate surface area is 123 Å². The molecule has 0 saturated heterocycles. The fourth-order valence-electron chi connectivity index (χ4n) is 1.91. The van der Waals surface area contributed by atoms with E-state index in [1.54, 1.807) is 14.1 Å². The number of amides is 2. The maximum atomic E-state index is 13.6. The van der Waals surface area contributed by atoms with Crippen molar-refractivity contribution >= 4 is 11.8 Å². The summed E-state index contributed by atoms with van der Waals surface area (Å²) in [4.78, 5) is 25.5. The van der Waals surface area contributed by atoms with Crippen molar-refractivity contribution in [3.8, 4) is 0 Å². The van der Waals surface area contributed by atoms with Gasteiger partial charge in [0.2, 0.25) is 5.91 Å². The molecule has 1 N–H and O–H groups in total. The van der Waals surface area contributed by atoms with Crippen LogP contribution in [0.4, 0.5) is 8.78 Å². The molecule has 4 nitrogen and oxygen atoms in total. The highest BCUT2D eigenvalue weighted by molar-refractivity contribution is 5.97. The van der Waals surface area contributed by atoms with Gasteiger partial charge >= 0.3 is 0 Å². The summed E-state index contributed by atoms with van der Waals surface area (Å²) < 4.78 is 26.4. The number of halogens is 2. The summed E-state index contributed by atoms with van der Waals surface area (Å²) in [5, 5.41) is 2.51. The molecule has 1 aromatic rings. The van der Waals surface area contributed by atoms with Crippen molar-refractivity contribution in [3.63, 3.8) is 0 Å². The molecule has 0 fully saturated rings. The van der Waals surface area contributed by atoms with Gasteiger partial charge < -0.3 is 10.2 Å². The van der Waals surface area contributed by atoms with Crippen LogP contribution in [0.15, 0.2) is 18.2 Å². The molecule has 0 aliphatic rings. The van der Waals surface area contributed by atoms with Gasteiger partial charge in [-0.2, -0.15) is 0 Å². The van der Waals surface area contributed by atoms with Gasteiger partial charge in [-0.25, -0.2) is 8.78 Å². The minimum Gasteiger partial charge on any atom is -0.347 e. The average molecular weight is 298 g/mol. The first kappa shape index (κ1) is 17.1. The van der Waals surface area contributed by atoms with Gasteiger partial charge in [-0.3, -0.25) is 9.59 Å². The van der Waals surface area contributed by atoms with Crippen LogP contribution in [0.2, 0.25) is 0 Å². The molecule has 2 amide bonds. The van der Waals surface area contributed by atoms with Crippen LogP contribution in [-0.4, -0.2) is 36.9 Å². The Hall–Kier alpha value is -1.98. The van der Waals surface area contributed by atoms with Crippen LogP contribution in [0.5, 0.6) is 0 Å². The zero-order valence-corrected chi connectivity index (χ0v) is 12.6. The zero-order valence-electron chi connectivity index (χ0n) is 12.6. The number of hydrogen-bond acceptors (Lipinski definition) is 2. The third-order valence-electron chi connectivity index (χ3n) is 2.93. The van der Waals surface area contributed by atoms with E-state index in [0.717, 1.165) is 12.1 Å². The maximum Gasteiger partial charge on any atom is 0.254 e. The second kappa shape index (κ2) is 7.15. The number of carbonyl (C=O) groups excluding carboxylic acids is 2. The number of benzene rings is 1. The first-order chi connectivity index (χ1) is 9.72. The van der Waals surface area contributed by atoms with Gasteiger partial charge in [0.15, 0.2) is 0 Å². The minimum atomic E-state index is -0.951. The zero-order chi connectivity index (χ0) is 16.2. The Kier molecular flexibility index (Phi) is 5.81. The largest absolute Gasteiger partial charge is 0.347 e. The van der Waals surface area contributed by atoms with Gasteiger partial charge in [-0.1, -0.05) is 13.8 Å². The molecule has 1 rings (SSSR count). The molecule has 21 heavy (non-hydrogen) atoms. The summed E-state index contributed by atoms with van der Waals surface area (Å²) in [7, 11) is 3.17. The molecule has 1 aromatic carbocycles. The van der Waals surface area contributed by atoms with Crippen molar-refractivity contribution in [2.45, 2.75) is 26.3 Å². The lowest BCUT2D eigenvalue weighted by atomic mass is 10.0. The van der Waals surface area contributed by atoms with E-state index in [2.05, 4.69) is 5.32 Å². The number of likely N-dealkylation sites (N-methyl/N-ethyl adjacent to an activating group) is 1. The first-order valence-corrected chi connectivity index (χ1v) is 6.69. The molecule has 0 saturated carbocycles. The highest BCUT2D eigenvalue weighted by Gasteiger charge is 2.25. The lowest BCUT2D eigenvalue weighted by molar-refractivity contribution is -0.131. The van der Waals surface area contributed by atoms with Gasteiger partial charge in [0.25, 0.3) is 5.91 Å². The number of nitrogens with zero attached hydrogens (tertiary/aromatic N) is 1. The number of rotatable bonds is 5. The van der Waals surface area contributed by atoms with E-state index in [4.69, 9.17) is 0 Å². The smallest absolute Gasteiger partial charge is 0.254 e. The third kappa shape index (κ3) is 4.81. The van der Waals surface area contributed by atoms with Crippen LogP contribution in [0.1, 0.15) is 30.6 Å². The summed E-state index contributed by atoms with van der Waals surface area (Å²) in [6.07, 6.45) is 0.436. The van der Waals surface area contributed by atoms with Crippen LogP contribution in [0, 0.1) is 17.6 Å². The van der Waals surface area contributed by atoms with Crippen LogP contribution in [0.25, 0.3) is 0 Å². The summed E-state index contributed by atoms with van der Waals surface area (Å²) in [6, 6.07) is 1.97. The summed E-state index contributed by atoms with van der Waals surface area (Å²) in [6.45, 7) is 3.83. The van der Waals surface area contributed by atoms with Crippen LogP contribution in [-0.2, 0) is 4.79 Å². The lowest BCUT2D eigenvalue weighted by Crippen LogP contribution is -2.47. The maximum absolute atomic E-state index is 13.6. The molecule has 0 unspecified atom stereocenters. The van der Waals surface area contributed by atoms with Crippen molar-refractivity contribution < 1.29 is 18.4 Å². The van der Waals surface area contributed by atoms with Crippen molar-refractivity contribution in [1.29, 1.82) is 0 Å². The summed E-state index contributed by atoms with van der Waals surface area (Å²) in [5.74, 6) is -2.52. The normalized spacial score (nSPS) is 12.1. The highest BCUT2D eigenvalue weighted by atomic mass is 19.1. The Morgan fingerprint density at radius 1 is 1.24 bits per heavy atom. The molecule has 0 heterocycles. The van der Waals surface area contributed by atoms with E-state index in [1.807, 2.05) is 13.8 Å². The summed E-state index contributed by atoms with van der Waals surface area (Å²) in [5.41, 5.74) is -0.281. The highest BCUT2D eigenvalue weighted by Crippen LogP contribution is 2.12. The second-order valence-corrected chi connectivity index (χ2v) is 5.51. The Bertz CT molecular complexity index is 530. The van der Waals surface area contributed by atoms with E-state index >= 15 is 0 Å². The Morgan fingerprint density at radius 2 is 1.86 bits per heavy atom. The molecule has 0 bridgehead atoms. The molecule has 1 atom stereocenters. The number of carbonyl (C=O) groups is 2. The van der Waals surface area contributed by atoms with E-state index in [0.29, 0.717) is 12.5 Å². The van der Waals surface area contributed by atoms with Crippen LogP contribution >= 0.6 is 0 Å². The predicted octanol–water partition coefficient (Wildman–Crippen LogP) is 2.20. The lowest BCUT2D eigenvalue weighted by Gasteiger charge is -2.23. The predicted molar refractivity (Wildman–Crippen MR) is 75.8 cm³/mol. The fourth-order valence-corrected chi connectivity index (χ4v) is 1.91. The van der Waals surface area contributed by atoms with Gasteiger partial charge in [-0.15, -0.1) is 0 Å². The van der Waals surface area contributed by atoms with E-state index in [1.165, 1.54) is 4.90 Å². The fraction of sp³-hybridized carbons (Fsp3) is 0.467. The molecule has 116 valence electrons. The van der Waals surface area contributed by atoms with Crippen LogP contribution in [0.3, 0.4) is 0 Å². The van der Waals surface area contributed by atoms with Crippen molar-refractivity contribution in [2.24, 2.45) is 5.92 Å². The molecule has 0 radical (unpaired) electrons. The van der Waals surface area contributed by atoms with Crippen molar-refractivity contribution in [1.82, 2.24) is 10.2 Å². The first-order valence-electron chi connectivity index (χ1n) is 6.69. The average Bonchev–Trinajstić information content (AvgIpc) is 2.36.